The second-order valence-electron chi connectivity index (χ2n) is 7.44. The average Bonchev–Trinajstić information content (AvgIpc) is 3.28. The molecule has 0 saturated heterocycles. The number of benzene rings is 2. The van der Waals surface area contributed by atoms with Gasteiger partial charge < -0.3 is 14.4 Å². The number of ether oxygens (including phenoxy) is 2. The van der Waals surface area contributed by atoms with Crippen molar-refractivity contribution in [3.63, 3.8) is 0 Å². The van der Waals surface area contributed by atoms with Crippen LogP contribution in [-0.4, -0.2) is 40.3 Å². The zero-order chi connectivity index (χ0) is 22.7. The first-order valence-corrected chi connectivity index (χ1v) is 12.8. The number of hydrogen-bond acceptors (Lipinski definition) is 6. The van der Waals surface area contributed by atoms with E-state index in [0.717, 1.165) is 21.0 Å². The number of carbonyl (C=O) groups is 1. The third-order valence-corrected chi connectivity index (χ3v) is 7.08. The Kier molecular flexibility index (Phi) is 6.38. The van der Waals surface area contributed by atoms with Crippen molar-refractivity contribution in [1.29, 1.82) is 0 Å². The van der Waals surface area contributed by atoms with Crippen molar-refractivity contribution in [2.24, 2.45) is 0 Å². The summed E-state index contributed by atoms with van der Waals surface area (Å²) in [5.41, 5.74) is 1.88. The Morgan fingerprint density at radius 2 is 1.78 bits per heavy atom. The summed E-state index contributed by atoms with van der Waals surface area (Å²) in [5.74, 6) is 0.849. The van der Waals surface area contributed by atoms with Crippen LogP contribution in [0.3, 0.4) is 0 Å². The Labute approximate surface area is 191 Å². The smallest absolute Gasteiger partial charge is 0.248 e. The molecule has 2 aromatic carbocycles. The number of rotatable bonds is 7. The molecule has 1 aliphatic heterocycles. The highest BCUT2D eigenvalue weighted by atomic mass is 32.2. The quantitative estimate of drug-likeness (QED) is 0.522. The number of nitrogens with zero attached hydrogens (tertiary/aromatic N) is 2. The van der Waals surface area contributed by atoms with Crippen LogP contribution < -0.4 is 18.7 Å². The summed E-state index contributed by atoms with van der Waals surface area (Å²) >= 11 is 1.53. The second-order valence-corrected chi connectivity index (χ2v) is 10.4. The highest BCUT2D eigenvalue weighted by molar-refractivity contribution is 7.92. The standard InChI is InChI=1S/C23H24N2O5S2/c1-17-6-3-4-8-20(17)25(32(2,27)28)16-23(26)24(15-19-7-5-13-31-19)18-9-10-21-22(14-18)30-12-11-29-21/h3-10,13-14H,11-12,15-16H2,1-2H3. The molecule has 0 atom stereocenters. The Balaban J connectivity index is 1.69. The van der Waals surface area contributed by atoms with Gasteiger partial charge in [-0.3, -0.25) is 9.10 Å². The van der Waals surface area contributed by atoms with Gasteiger partial charge >= 0.3 is 0 Å². The molecule has 1 aliphatic rings. The number of sulfonamides is 1. The normalized spacial score (nSPS) is 12.9. The van der Waals surface area contributed by atoms with Gasteiger partial charge in [0.15, 0.2) is 11.5 Å². The molecular formula is C23H24N2O5S2. The Bertz CT molecular complexity index is 1210. The molecule has 168 valence electrons. The largest absolute Gasteiger partial charge is 0.486 e. The van der Waals surface area contributed by atoms with Crippen LogP contribution in [0.5, 0.6) is 11.5 Å². The highest BCUT2D eigenvalue weighted by Gasteiger charge is 2.27. The number of aryl methyl sites for hydroxylation is 1. The minimum atomic E-state index is -3.68. The van der Waals surface area contributed by atoms with Crippen molar-refractivity contribution >= 4 is 38.6 Å². The van der Waals surface area contributed by atoms with Crippen molar-refractivity contribution in [3.05, 3.63) is 70.4 Å². The first kappa shape index (κ1) is 22.2. The maximum absolute atomic E-state index is 13.5. The maximum atomic E-state index is 13.5. The minimum absolute atomic E-state index is 0.316. The zero-order valence-corrected chi connectivity index (χ0v) is 19.5. The van der Waals surface area contributed by atoms with Gasteiger partial charge in [-0.15, -0.1) is 11.3 Å². The SMILES string of the molecule is Cc1ccccc1N(CC(=O)N(Cc1cccs1)c1ccc2c(c1)OCCO2)S(C)(=O)=O. The van der Waals surface area contributed by atoms with Gasteiger partial charge in [0.1, 0.15) is 19.8 Å². The van der Waals surface area contributed by atoms with Gasteiger partial charge in [-0.05, 0) is 42.1 Å². The summed E-state index contributed by atoms with van der Waals surface area (Å²) in [4.78, 5) is 16.1. The molecule has 0 fully saturated rings. The van der Waals surface area contributed by atoms with Crippen LogP contribution in [0.1, 0.15) is 10.4 Å². The van der Waals surface area contributed by atoms with Crippen LogP contribution in [-0.2, 0) is 21.4 Å². The van der Waals surface area contributed by atoms with E-state index in [0.29, 0.717) is 42.6 Å². The van der Waals surface area contributed by atoms with Gasteiger partial charge in [0.25, 0.3) is 0 Å². The summed E-state index contributed by atoms with van der Waals surface area (Å²) in [7, 11) is -3.68. The van der Waals surface area contributed by atoms with E-state index in [4.69, 9.17) is 9.47 Å². The van der Waals surface area contributed by atoms with Crippen molar-refractivity contribution < 1.29 is 22.7 Å². The zero-order valence-electron chi connectivity index (χ0n) is 17.9. The third kappa shape index (κ3) is 4.89. The molecule has 2 heterocycles. The van der Waals surface area contributed by atoms with E-state index in [2.05, 4.69) is 0 Å². The van der Waals surface area contributed by atoms with Gasteiger partial charge in [-0.25, -0.2) is 8.42 Å². The Hall–Kier alpha value is -3.04. The van der Waals surface area contributed by atoms with E-state index < -0.39 is 10.0 Å². The molecule has 1 amide bonds. The molecule has 0 aliphatic carbocycles. The lowest BCUT2D eigenvalue weighted by atomic mass is 10.2. The van der Waals surface area contributed by atoms with Crippen molar-refractivity contribution in [3.8, 4) is 11.5 Å². The van der Waals surface area contributed by atoms with E-state index in [1.54, 1.807) is 35.2 Å². The number of amides is 1. The molecule has 0 bridgehead atoms. The lowest BCUT2D eigenvalue weighted by Crippen LogP contribution is -2.42. The summed E-state index contributed by atoms with van der Waals surface area (Å²) < 4.78 is 37.6. The van der Waals surface area contributed by atoms with Crippen molar-refractivity contribution in [1.82, 2.24) is 0 Å². The summed E-state index contributed by atoms with van der Waals surface area (Å²) in [6.07, 6.45) is 1.11. The molecule has 1 aromatic heterocycles. The first-order chi connectivity index (χ1) is 15.3. The fourth-order valence-electron chi connectivity index (χ4n) is 3.51. The predicted molar refractivity (Wildman–Crippen MR) is 126 cm³/mol. The first-order valence-electron chi connectivity index (χ1n) is 10.1. The Morgan fingerprint density at radius 3 is 2.47 bits per heavy atom. The second kappa shape index (κ2) is 9.22. The van der Waals surface area contributed by atoms with Crippen LogP contribution >= 0.6 is 11.3 Å². The molecule has 3 aromatic rings. The molecule has 0 saturated carbocycles. The van der Waals surface area contributed by atoms with Crippen LogP contribution in [0.25, 0.3) is 0 Å². The fraction of sp³-hybridized carbons (Fsp3) is 0.261. The monoisotopic (exact) mass is 472 g/mol. The lowest BCUT2D eigenvalue weighted by molar-refractivity contribution is -0.117. The van der Waals surface area contributed by atoms with Crippen LogP contribution in [0.15, 0.2) is 60.0 Å². The van der Waals surface area contributed by atoms with Gasteiger partial charge in [0.05, 0.1) is 18.5 Å². The number of thiophene rings is 1. The molecule has 0 spiro atoms. The predicted octanol–water partition coefficient (Wildman–Crippen LogP) is 3.83. The number of anilines is 2. The van der Waals surface area contributed by atoms with E-state index in [1.807, 2.05) is 36.6 Å². The van der Waals surface area contributed by atoms with Crippen molar-refractivity contribution in [2.45, 2.75) is 13.5 Å². The fourth-order valence-corrected chi connectivity index (χ4v) is 5.11. The molecule has 0 radical (unpaired) electrons. The van der Waals surface area contributed by atoms with E-state index in [9.17, 15) is 13.2 Å². The van der Waals surface area contributed by atoms with Gasteiger partial charge in [-0.2, -0.15) is 0 Å². The van der Waals surface area contributed by atoms with E-state index >= 15 is 0 Å². The van der Waals surface area contributed by atoms with Crippen LogP contribution in [0.4, 0.5) is 11.4 Å². The topological polar surface area (TPSA) is 76.2 Å². The molecular weight excluding hydrogens is 448 g/mol. The summed E-state index contributed by atoms with van der Waals surface area (Å²) in [5, 5.41) is 1.94. The maximum Gasteiger partial charge on any atom is 0.248 e. The summed E-state index contributed by atoms with van der Waals surface area (Å²) in [6, 6.07) is 16.3. The highest BCUT2D eigenvalue weighted by Crippen LogP contribution is 2.35. The minimum Gasteiger partial charge on any atom is -0.486 e. The van der Waals surface area contributed by atoms with Gasteiger partial charge in [-0.1, -0.05) is 24.3 Å². The number of carbonyl (C=O) groups excluding carboxylic acids is 1. The summed E-state index contributed by atoms with van der Waals surface area (Å²) in [6.45, 7) is 2.74. The van der Waals surface area contributed by atoms with E-state index in [1.165, 1.54) is 11.3 Å². The number of para-hydroxylation sites is 1. The van der Waals surface area contributed by atoms with Crippen LogP contribution in [0.2, 0.25) is 0 Å². The molecule has 0 N–H and O–H groups in total. The molecule has 0 unspecified atom stereocenters. The van der Waals surface area contributed by atoms with Gasteiger partial charge in [0, 0.05) is 16.6 Å². The molecule has 4 rings (SSSR count). The Morgan fingerprint density at radius 1 is 1.03 bits per heavy atom. The number of hydrogen-bond donors (Lipinski definition) is 0. The third-order valence-electron chi connectivity index (χ3n) is 5.10. The lowest BCUT2D eigenvalue weighted by Gasteiger charge is -2.29. The molecule has 32 heavy (non-hydrogen) atoms. The molecule has 7 nitrogen and oxygen atoms in total. The molecule has 9 heteroatoms. The average molecular weight is 473 g/mol. The van der Waals surface area contributed by atoms with Crippen LogP contribution in [0, 0.1) is 6.92 Å². The number of fused-ring (bicyclic) bond motifs is 1. The van der Waals surface area contributed by atoms with E-state index in [-0.39, 0.29) is 12.5 Å². The van der Waals surface area contributed by atoms with Gasteiger partial charge in [0.2, 0.25) is 15.9 Å². The van der Waals surface area contributed by atoms with Crippen molar-refractivity contribution in [2.75, 3.05) is 35.2 Å².